The van der Waals surface area contributed by atoms with Crippen LogP contribution in [0.2, 0.25) is 10.0 Å². The SMILES string of the molecule is O=C(c1ccc(=O)[nH]n1)N1CCN(C(=O)c2ccc(Cl)cc2Cl)CC1. The fourth-order valence-corrected chi connectivity index (χ4v) is 3.06. The second kappa shape index (κ2) is 7.25. The minimum atomic E-state index is -0.369. The number of carbonyl (C=O) groups is 2. The lowest BCUT2D eigenvalue weighted by Crippen LogP contribution is -2.50. The Balaban J connectivity index is 1.65. The van der Waals surface area contributed by atoms with E-state index in [-0.39, 0.29) is 23.1 Å². The molecule has 7 nitrogen and oxygen atoms in total. The van der Waals surface area contributed by atoms with Gasteiger partial charge in [0, 0.05) is 37.3 Å². The summed E-state index contributed by atoms with van der Waals surface area (Å²) in [5, 5.41) is 6.73. The number of piperazine rings is 1. The summed E-state index contributed by atoms with van der Waals surface area (Å²) in [7, 11) is 0. The van der Waals surface area contributed by atoms with Crippen molar-refractivity contribution in [1.82, 2.24) is 20.0 Å². The van der Waals surface area contributed by atoms with Crippen molar-refractivity contribution in [1.29, 1.82) is 0 Å². The second-order valence-corrected chi connectivity index (χ2v) is 6.36. The molecule has 0 saturated carbocycles. The number of amides is 2. The molecule has 0 radical (unpaired) electrons. The fourth-order valence-electron chi connectivity index (χ4n) is 2.57. The smallest absolute Gasteiger partial charge is 0.274 e. The van der Waals surface area contributed by atoms with E-state index in [0.717, 1.165) is 0 Å². The van der Waals surface area contributed by atoms with Gasteiger partial charge in [-0.1, -0.05) is 23.2 Å². The van der Waals surface area contributed by atoms with Crippen LogP contribution in [0.4, 0.5) is 0 Å². The van der Waals surface area contributed by atoms with Gasteiger partial charge in [-0.25, -0.2) is 5.10 Å². The summed E-state index contributed by atoms with van der Waals surface area (Å²) < 4.78 is 0. The van der Waals surface area contributed by atoms with E-state index in [1.807, 2.05) is 0 Å². The molecule has 0 bridgehead atoms. The number of hydrogen-bond acceptors (Lipinski definition) is 4. The minimum Gasteiger partial charge on any atom is -0.335 e. The summed E-state index contributed by atoms with van der Waals surface area (Å²) in [6.07, 6.45) is 0. The molecule has 1 aliphatic heterocycles. The molecule has 1 fully saturated rings. The highest BCUT2D eigenvalue weighted by atomic mass is 35.5. The van der Waals surface area contributed by atoms with Crippen LogP contribution in [0.3, 0.4) is 0 Å². The molecule has 3 rings (SSSR count). The maximum atomic E-state index is 12.6. The van der Waals surface area contributed by atoms with Gasteiger partial charge in [0.2, 0.25) is 0 Å². The van der Waals surface area contributed by atoms with E-state index < -0.39 is 0 Å². The Morgan fingerprint density at radius 3 is 2.16 bits per heavy atom. The first-order valence-electron chi connectivity index (χ1n) is 7.55. The van der Waals surface area contributed by atoms with Gasteiger partial charge in [0.1, 0.15) is 5.69 Å². The normalized spacial score (nSPS) is 14.5. The number of carbonyl (C=O) groups excluding carboxylic acids is 2. The zero-order chi connectivity index (χ0) is 18.0. The lowest BCUT2D eigenvalue weighted by atomic mass is 10.1. The van der Waals surface area contributed by atoms with Crippen molar-refractivity contribution in [2.45, 2.75) is 0 Å². The van der Waals surface area contributed by atoms with Crippen LogP contribution in [0.5, 0.6) is 0 Å². The molecule has 130 valence electrons. The van der Waals surface area contributed by atoms with Crippen LogP contribution in [-0.4, -0.2) is 58.0 Å². The van der Waals surface area contributed by atoms with Crippen molar-refractivity contribution in [3.63, 3.8) is 0 Å². The molecule has 0 atom stereocenters. The van der Waals surface area contributed by atoms with Crippen LogP contribution in [0, 0.1) is 0 Å². The van der Waals surface area contributed by atoms with E-state index >= 15 is 0 Å². The monoisotopic (exact) mass is 380 g/mol. The van der Waals surface area contributed by atoms with Gasteiger partial charge < -0.3 is 9.80 Å². The van der Waals surface area contributed by atoms with Gasteiger partial charge in [0.25, 0.3) is 17.4 Å². The molecular weight excluding hydrogens is 367 g/mol. The number of H-pyrrole nitrogens is 1. The van der Waals surface area contributed by atoms with Crippen molar-refractivity contribution in [3.05, 3.63) is 62.0 Å². The molecule has 0 aliphatic carbocycles. The van der Waals surface area contributed by atoms with Gasteiger partial charge in [-0.2, -0.15) is 5.10 Å². The standard InChI is InChI=1S/C16H14Cl2N4O3/c17-10-1-2-11(12(18)9-10)15(24)21-5-7-22(8-6-21)16(25)13-3-4-14(23)20-19-13/h1-4,9H,5-8H2,(H,20,23). The molecule has 2 aromatic rings. The predicted molar refractivity (Wildman–Crippen MR) is 93.1 cm³/mol. The number of aromatic amines is 1. The number of aromatic nitrogens is 2. The average molecular weight is 381 g/mol. The molecule has 0 unspecified atom stereocenters. The number of hydrogen-bond donors (Lipinski definition) is 1. The molecule has 1 N–H and O–H groups in total. The van der Waals surface area contributed by atoms with E-state index in [1.54, 1.807) is 21.9 Å². The Hall–Kier alpha value is -2.38. The minimum absolute atomic E-state index is 0.167. The summed E-state index contributed by atoms with van der Waals surface area (Å²) in [4.78, 5) is 39.2. The number of halogens is 2. The fraction of sp³-hybridized carbons (Fsp3) is 0.250. The molecule has 25 heavy (non-hydrogen) atoms. The maximum absolute atomic E-state index is 12.6. The van der Waals surface area contributed by atoms with Crippen LogP contribution in [0.1, 0.15) is 20.8 Å². The zero-order valence-electron chi connectivity index (χ0n) is 13.0. The van der Waals surface area contributed by atoms with Crippen LogP contribution in [0.25, 0.3) is 0 Å². The molecule has 1 aromatic carbocycles. The van der Waals surface area contributed by atoms with Gasteiger partial charge in [-0.3, -0.25) is 14.4 Å². The van der Waals surface area contributed by atoms with Gasteiger partial charge in [0.15, 0.2) is 0 Å². The Labute approximate surface area is 153 Å². The van der Waals surface area contributed by atoms with Crippen molar-refractivity contribution in [2.75, 3.05) is 26.2 Å². The summed E-state index contributed by atoms with van der Waals surface area (Å²) in [5.41, 5.74) is 0.181. The van der Waals surface area contributed by atoms with Gasteiger partial charge in [0.05, 0.1) is 10.6 Å². The topological polar surface area (TPSA) is 86.4 Å². The van der Waals surface area contributed by atoms with Gasteiger partial charge in [-0.05, 0) is 24.3 Å². The Morgan fingerprint density at radius 2 is 1.60 bits per heavy atom. The predicted octanol–water partition coefficient (Wildman–Crippen LogP) is 1.67. The molecule has 2 heterocycles. The van der Waals surface area contributed by atoms with Crippen LogP contribution >= 0.6 is 23.2 Å². The summed E-state index contributed by atoms with van der Waals surface area (Å²) >= 11 is 11.9. The largest absolute Gasteiger partial charge is 0.335 e. The third kappa shape index (κ3) is 3.83. The van der Waals surface area contributed by atoms with Crippen LogP contribution in [-0.2, 0) is 0 Å². The first kappa shape index (κ1) is 17.4. The van der Waals surface area contributed by atoms with Gasteiger partial charge in [-0.15, -0.1) is 0 Å². The summed E-state index contributed by atoms with van der Waals surface area (Å²) in [6, 6.07) is 7.36. The van der Waals surface area contributed by atoms with Gasteiger partial charge >= 0.3 is 0 Å². The third-order valence-electron chi connectivity index (χ3n) is 3.91. The van der Waals surface area contributed by atoms with Crippen LogP contribution in [0.15, 0.2) is 35.1 Å². The van der Waals surface area contributed by atoms with E-state index in [2.05, 4.69) is 10.2 Å². The van der Waals surface area contributed by atoms with Crippen LogP contribution < -0.4 is 5.56 Å². The summed E-state index contributed by atoms with van der Waals surface area (Å²) in [5.74, 6) is -0.483. The van der Waals surface area contributed by atoms with Crippen molar-refractivity contribution in [2.24, 2.45) is 0 Å². The van der Waals surface area contributed by atoms with E-state index in [1.165, 1.54) is 18.2 Å². The molecule has 1 saturated heterocycles. The molecule has 9 heteroatoms. The summed E-state index contributed by atoms with van der Waals surface area (Å²) in [6.45, 7) is 1.51. The zero-order valence-corrected chi connectivity index (χ0v) is 14.5. The lowest BCUT2D eigenvalue weighted by Gasteiger charge is -2.34. The number of benzene rings is 1. The van der Waals surface area contributed by atoms with E-state index in [9.17, 15) is 14.4 Å². The van der Waals surface area contributed by atoms with E-state index in [0.29, 0.717) is 41.8 Å². The highest BCUT2D eigenvalue weighted by Gasteiger charge is 2.27. The second-order valence-electron chi connectivity index (χ2n) is 5.52. The van der Waals surface area contributed by atoms with Crippen molar-refractivity contribution >= 4 is 35.0 Å². The maximum Gasteiger partial charge on any atom is 0.274 e. The van der Waals surface area contributed by atoms with Crippen molar-refractivity contribution in [3.8, 4) is 0 Å². The number of rotatable bonds is 2. The molecule has 1 aromatic heterocycles. The quantitative estimate of drug-likeness (QED) is 0.858. The average Bonchev–Trinajstić information content (AvgIpc) is 2.61. The lowest BCUT2D eigenvalue weighted by molar-refractivity contribution is 0.0531. The Bertz CT molecular complexity index is 855. The number of nitrogens with zero attached hydrogens (tertiary/aromatic N) is 3. The molecular formula is C16H14Cl2N4O3. The molecule has 1 aliphatic rings. The molecule has 2 amide bonds. The Kier molecular flexibility index (Phi) is 5.06. The van der Waals surface area contributed by atoms with E-state index in [4.69, 9.17) is 23.2 Å². The van der Waals surface area contributed by atoms with Crippen molar-refractivity contribution < 1.29 is 9.59 Å². The molecule has 0 spiro atoms. The highest BCUT2D eigenvalue weighted by Crippen LogP contribution is 2.23. The number of nitrogens with one attached hydrogen (secondary N) is 1. The first-order valence-corrected chi connectivity index (χ1v) is 8.30. The Morgan fingerprint density at radius 1 is 0.960 bits per heavy atom. The first-order chi connectivity index (χ1) is 12.0. The highest BCUT2D eigenvalue weighted by molar-refractivity contribution is 6.36. The third-order valence-corrected chi connectivity index (χ3v) is 4.46.